The zero-order valence-electron chi connectivity index (χ0n) is 9.37. The van der Waals surface area contributed by atoms with Gasteiger partial charge in [0.15, 0.2) is 0 Å². The van der Waals surface area contributed by atoms with Crippen molar-refractivity contribution in [2.45, 2.75) is 38.5 Å². The Morgan fingerprint density at radius 3 is 2.33 bits per heavy atom. The van der Waals surface area contributed by atoms with E-state index in [1.165, 1.54) is 43.9 Å². The molecule has 3 atom stereocenters. The van der Waals surface area contributed by atoms with Crippen molar-refractivity contribution in [2.75, 3.05) is 5.33 Å². The SMILES string of the molecule is BrCC1CCC(C2CC3C=CC2C3)CC1. The molecule has 3 aliphatic carbocycles. The van der Waals surface area contributed by atoms with E-state index in [2.05, 4.69) is 28.1 Å². The molecule has 0 saturated heterocycles. The standard InChI is InChI=1S/C14H21Br/c15-9-10-1-4-12(5-2-10)14-8-11-3-6-13(14)7-11/h3,6,10-14H,1-2,4-5,7-9H2. The normalized spacial score (nSPS) is 48.7. The molecule has 0 nitrogen and oxygen atoms in total. The summed E-state index contributed by atoms with van der Waals surface area (Å²) in [6.45, 7) is 0. The average Bonchev–Trinajstić information content (AvgIpc) is 2.91. The molecule has 2 fully saturated rings. The van der Waals surface area contributed by atoms with E-state index in [1.807, 2.05) is 0 Å². The third kappa shape index (κ3) is 1.92. The molecule has 0 radical (unpaired) electrons. The second kappa shape index (κ2) is 4.24. The minimum atomic E-state index is 0.967. The first kappa shape index (κ1) is 10.4. The van der Waals surface area contributed by atoms with E-state index in [9.17, 15) is 0 Å². The van der Waals surface area contributed by atoms with Gasteiger partial charge in [-0.15, -0.1) is 0 Å². The molecule has 0 heterocycles. The minimum absolute atomic E-state index is 0.967. The molecule has 3 aliphatic rings. The van der Waals surface area contributed by atoms with E-state index in [4.69, 9.17) is 0 Å². The Kier molecular flexibility index (Phi) is 2.93. The van der Waals surface area contributed by atoms with Gasteiger partial charge in [-0.25, -0.2) is 0 Å². The largest absolute Gasteiger partial charge is 0.0925 e. The van der Waals surface area contributed by atoms with Crippen molar-refractivity contribution < 1.29 is 0 Å². The third-order valence-electron chi connectivity index (χ3n) is 5.05. The van der Waals surface area contributed by atoms with E-state index in [1.54, 1.807) is 0 Å². The number of hydrogen-bond acceptors (Lipinski definition) is 0. The maximum absolute atomic E-state index is 3.64. The molecule has 3 unspecified atom stereocenters. The van der Waals surface area contributed by atoms with Gasteiger partial charge in [-0.1, -0.05) is 28.1 Å². The highest BCUT2D eigenvalue weighted by atomic mass is 79.9. The Morgan fingerprint density at radius 1 is 1.00 bits per heavy atom. The van der Waals surface area contributed by atoms with Gasteiger partial charge in [-0.2, -0.15) is 0 Å². The zero-order valence-corrected chi connectivity index (χ0v) is 11.0. The Hall–Kier alpha value is 0.220. The molecule has 3 rings (SSSR count). The Labute approximate surface area is 102 Å². The molecule has 0 N–H and O–H groups in total. The van der Waals surface area contributed by atoms with E-state index >= 15 is 0 Å². The molecular weight excluding hydrogens is 248 g/mol. The molecule has 15 heavy (non-hydrogen) atoms. The number of fused-ring (bicyclic) bond motifs is 2. The monoisotopic (exact) mass is 268 g/mol. The lowest BCUT2D eigenvalue weighted by molar-refractivity contribution is 0.192. The van der Waals surface area contributed by atoms with Crippen molar-refractivity contribution in [3.8, 4) is 0 Å². The number of rotatable bonds is 2. The maximum atomic E-state index is 3.64. The Bertz CT molecular complexity index is 250. The van der Waals surface area contributed by atoms with Crippen molar-refractivity contribution in [1.82, 2.24) is 0 Å². The van der Waals surface area contributed by atoms with E-state index in [0.717, 1.165) is 29.6 Å². The quantitative estimate of drug-likeness (QED) is 0.515. The maximum Gasteiger partial charge on any atom is 0.00596 e. The van der Waals surface area contributed by atoms with Gasteiger partial charge in [0.25, 0.3) is 0 Å². The topological polar surface area (TPSA) is 0 Å². The fourth-order valence-electron chi connectivity index (χ4n) is 4.14. The molecule has 0 aliphatic heterocycles. The highest BCUT2D eigenvalue weighted by molar-refractivity contribution is 9.09. The summed E-state index contributed by atoms with van der Waals surface area (Å²) in [6, 6.07) is 0. The Balaban J connectivity index is 1.58. The summed E-state index contributed by atoms with van der Waals surface area (Å²) in [5, 5.41) is 1.23. The van der Waals surface area contributed by atoms with Crippen LogP contribution < -0.4 is 0 Å². The summed E-state index contributed by atoms with van der Waals surface area (Å²) in [5.41, 5.74) is 0. The van der Waals surface area contributed by atoms with Crippen LogP contribution in [0, 0.1) is 29.6 Å². The second-order valence-electron chi connectivity index (χ2n) is 5.88. The van der Waals surface area contributed by atoms with E-state index in [0.29, 0.717) is 0 Å². The molecule has 0 spiro atoms. The summed E-state index contributed by atoms with van der Waals surface area (Å²) >= 11 is 3.64. The van der Waals surface area contributed by atoms with Crippen LogP contribution in [0.25, 0.3) is 0 Å². The highest BCUT2D eigenvalue weighted by Gasteiger charge is 2.40. The van der Waals surface area contributed by atoms with Crippen LogP contribution in [-0.4, -0.2) is 5.33 Å². The van der Waals surface area contributed by atoms with E-state index in [-0.39, 0.29) is 0 Å². The van der Waals surface area contributed by atoms with Gasteiger partial charge in [-0.05, 0) is 68.1 Å². The smallest absolute Gasteiger partial charge is 0.00596 e. The lowest BCUT2D eigenvalue weighted by atomic mass is 9.72. The summed E-state index contributed by atoms with van der Waals surface area (Å²) in [6.07, 6.45) is 14.0. The summed E-state index contributed by atoms with van der Waals surface area (Å²) < 4.78 is 0. The lowest BCUT2D eigenvalue weighted by Crippen LogP contribution is -2.24. The molecule has 84 valence electrons. The predicted octanol–water partition coefficient (Wildman–Crippen LogP) is 4.40. The summed E-state index contributed by atoms with van der Waals surface area (Å²) in [5.74, 6) is 5.06. The summed E-state index contributed by atoms with van der Waals surface area (Å²) in [4.78, 5) is 0. The number of halogens is 1. The zero-order chi connectivity index (χ0) is 10.3. The lowest BCUT2D eigenvalue weighted by Gasteiger charge is -2.34. The average molecular weight is 269 g/mol. The minimum Gasteiger partial charge on any atom is -0.0925 e. The number of alkyl halides is 1. The van der Waals surface area contributed by atoms with Gasteiger partial charge in [0.05, 0.1) is 0 Å². The first-order valence-electron chi connectivity index (χ1n) is 6.61. The summed E-state index contributed by atoms with van der Waals surface area (Å²) in [7, 11) is 0. The van der Waals surface area contributed by atoms with Crippen molar-refractivity contribution >= 4 is 15.9 Å². The van der Waals surface area contributed by atoms with Gasteiger partial charge in [0, 0.05) is 5.33 Å². The van der Waals surface area contributed by atoms with Crippen molar-refractivity contribution in [3.63, 3.8) is 0 Å². The highest BCUT2D eigenvalue weighted by Crippen LogP contribution is 2.50. The first-order chi connectivity index (χ1) is 7.36. The molecule has 0 amide bonds. The number of hydrogen-bond donors (Lipinski definition) is 0. The van der Waals surface area contributed by atoms with Crippen LogP contribution in [0.2, 0.25) is 0 Å². The van der Waals surface area contributed by atoms with Crippen LogP contribution in [0.5, 0.6) is 0 Å². The second-order valence-corrected chi connectivity index (χ2v) is 6.53. The van der Waals surface area contributed by atoms with Crippen LogP contribution in [0.4, 0.5) is 0 Å². The number of allylic oxidation sites excluding steroid dienone is 2. The van der Waals surface area contributed by atoms with Gasteiger partial charge < -0.3 is 0 Å². The predicted molar refractivity (Wildman–Crippen MR) is 68.1 cm³/mol. The van der Waals surface area contributed by atoms with Gasteiger partial charge >= 0.3 is 0 Å². The Morgan fingerprint density at radius 2 is 1.80 bits per heavy atom. The van der Waals surface area contributed by atoms with Crippen LogP contribution >= 0.6 is 15.9 Å². The molecule has 2 saturated carbocycles. The van der Waals surface area contributed by atoms with Crippen molar-refractivity contribution in [1.29, 1.82) is 0 Å². The van der Waals surface area contributed by atoms with Gasteiger partial charge in [0.2, 0.25) is 0 Å². The fraction of sp³-hybridized carbons (Fsp3) is 0.857. The molecule has 1 heteroatoms. The molecule has 0 aromatic rings. The van der Waals surface area contributed by atoms with Crippen LogP contribution in [0.15, 0.2) is 12.2 Å². The van der Waals surface area contributed by atoms with Crippen molar-refractivity contribution in [3.05, 3.63) is 12.2 Å². The first-order valence-corrected chi connectivity index (χ1v) is 7.73. The van der Waals surface area contributed by atoms with Gasteiger partial charge in [0.1, 0.15) is 0 Å². The molecule has 0 aromatic heterocycles. The fourth-order valence-corrected chi connectivity index (χ4v) is 4.78. The van der Waals surface area contributed by atoms with Crippen LogP contribution in [0.1, 0.15) is 38.5 Å². The van der Waals surface area contributed by atoms with E-state index < -0.39 is 0 Å². The van der Waals surface area contributed by atoms with Crippen LogP contribution in [-0.2, 0) is 0 Å². The van der Waals surface area contributed by atoms with Crippen LogP contribution in [0.3, 0.4) is 0 Å². The molecular formula is C14H21Br. The molecule has 0 aromatic carbocycles. The molecule has 2 bridgehead atoms. The van der Waals surface area contributed by atoms with Crippen molar-refractivity contribution in [2.24, 2.45) is 29.6 Å². The van der Waals surface area contributed by atoms with Gasteiger partial charge in [-0.3, -0.25) is 0 Å². The third-order valence-corrected chi connectivity index (χ3v) is 5.96.